The molecule has 0 aromatic heterocycles. The van der Waals surface area contributed by atoms with Crippen molar-refractivity contribution in [2.75, 3.05) is 25.2 Å². The Morgan fingerprint density at radius 1 is 1.24 bits per heavy atom. The number of methoxy groups -OCH3 is 1. The molecule has 0 aliphatic rings. The van der Waals surface area contributed by atoms with Crippen LogP contribution in [0, 0.1) is 0 Å². The molecule has 5 nitrogen and oxygen atoms in total. The Kier molecular flexibility index (Phi) is 6.98. The summed E-state index contributed by atoms with van der Waals surface area (Å²) >= 11 is 0. The second kappa shape index (κ2) is 8.24. The number of nitrogens with one attached hydrogen (secondary N) is 1. The highest BCUT2D eigenvalue weighted by molar-refractivity contribution is 7.91. The highest BCUT2D eigenvalue weighted by Gasteiger charge is 2.10. The molecule has 0 aliphatic carbocycles. The molecule has 0 fully saturated rings. The van der Waals surface area contributed by atoms with Crippen molar-refractivity contribution in [3.8, 4) is 11.5 Å². The summed E-state index contributed by atoms with van der Waals surface area (Å²) in [4.78, 5) is 0. The van der Waals surface area contributed by atoms with Crippen LogP contribution in [0.3, 0.4) is 0 Å². The third-order valence-corrected chi connectivity index (χ3v) is 4.70. The van der Waals surface area contributed by atoms with E-state index in [1.54, 1.807) is 14.0 Å². The van der Waals surface area contributed by atoms with Gasteiger partial charge in [0.05, 0.1) is 12.9 Å². The van der Waals surface area contributed by atoms with Crippen molar-refractivity contribution < 1.29 is 17.9 Å². The zero-order valence-corrected chi connectivity index (χ0v) is 14.0. The summed E-state index contributed by atoms with van der Waals surface area (Å²) in [5.74, 6) is 1.33. The van der Waals surface area contributed by atoms with Crippen molar-refractivity contribution in [3.63, 3.8) is 0 Å². The van der Waals surface area contributed by atoms with E-state index in [1.807, 2.05) is 18.2 Å². The fraction of sp³-hybridized carbons (Fsp3) is 0.600. The van der Waals surface area contributed by atoms with E-state index >= 15 is 0 Å². The van der Waals surface area contributed by atoms with E-state index in [2.05, 4.69) is 19.2 Å². The van der Waals surface area contributed by atoms with Gasteiger partial charge in [-0.3, -0.25) is 0 Å². The lowest BCUT2D eigenvalue weighted by molar-refractivity contribution is 0.311. The van der Waals surface area contributed by atoms with E-state index < -0.39 is 9.84 Å². The van der Waals surface area contributed by atoms with E-state index in [0.717, 1.165) is 12.1 Å². The Balaban J connectivity index is 2.71. The summed E-state index contributed by atoms with van der Waals surface area (Å²) < 4.78 is 33.8. The first-order chi connectivity index (χ1) is 9.88. The standard InChI is InChI=1S/C15H25NO4S/c1-5-21(17,18)9-8-20-15-10-13(11-16-12(2)3)6-7-14(15)19-4/h6-7,10,12,16H,5,8-9,11H2,1-4H3. The first-order valence-electron chi connectivity index (χ1n) is 7.11. The van der Waals surface area contributed by atoms with Gasteiger partial charge < -0.3 is 14.8 Å². The van der Waals surface area contributed by atoms with E-state index in [0.29, 0.717) is 17.5 Å². The second-order valence-corrected chi connectivity index (χ2v) is 7.58. The van der Waals surface area contributed by atoms with Crippen molar-refractivity contribution in [1.29, 1.82) is 0 Å². The number of ether oxygens (including phenoxy) is 2. The minimum absolute atomic E-state index is 0.0150. The fourth-order valence-electron chi connectivity index (χ4n) is 1.69. The van der Waals surface area contributed by atoms with Gasteiger partial charge in [0.25, 0.3) is 0 Å². The summed E-state index contributed by atoms with van der Waals surface area (Å²) in [5.41, 5.74) is 1.07. The molecule has 0 radical (unpaired) electrons. The molecule has 1 rings (SSSR count). The van der Waals surface area contributed by atoms with Crippen molar-refractivity contribution in [3.05, 3.63) is 23.8 Å². The van der Waals surface area contributed by atoms with E-state index in [1.165, 1.54) is 0 Å². The Morgan fingerprint density at radius 2 is 1.95 bits per heavy atom. The number of hydrogen-bond acceptors (Lipinski definition) is 5. The molecule has 6 heteroatoms. The van der Waals surface area contributed by atoms with E-state index in [-0.39, 0.29) is 18.1 Å². The number of sulfone groups is 1. The molecule has 0 bridgehead atoms. The topological polar surface area (TPSA) is 64.6 Å². The predicted octanol–water partition coefficient (Wildman–Crippen LogP) is 2.01. The normalized spacial score (nSPS) is 11.7. The van der Waals surface area contributed by atoms with Gasteiger partial charge in [-0.05, 0) is 17.7 Å². The highest BCUT2D eigenvalue weighted by Crippen LogP contribution is 2.28. The average molecular weight is 315 g/mol. The quantitative estimate of drug-likeness (QED) is 0.755. The van der Waals surface area contributed by atoms with Crippen LogP contribution in [0.5, 0.6) is 11.5 Å². The van der Waals surface area contributed by atoms with Crippen LogP contribution in [-0.4, -0.2) is 39.7 Å². The summed E-state index contributed by atoms with van der Waals surface area (Å²) in [6, 6.07) is 6.07. The lowest BCUT2D eigenvalue weighted by atomic mass is 10.2. The highest BCUT2D eigenvalue weighted by atomic mass is 32.2. The minimum atomic E-state index is -3.02. The van der Waals surface area contributed by atoms with Gasteiger partial charge in [-0.25, -0.2) is 8.42 Å². The summed E-state index contributed by atoms with van der Waals surface area (Å²) in [7, 11) is -1.45. The number of hydrogen-bond donors (Lipinski definition) is 1. The van der Waals surface area contributed by atoms with Crippen molar-refractivity contribution >= 4 is 9.84 Å². The Labute approximate surface area is 127 Å². The molecule has 0 heterocycles. The molecular weight excluding hydrogens is 290 g/mol. The first-order valence-corrected chi connectivity index (χ1v) is 8.93. The Bertz CT molecular complexity index is 541. The first kappa shape index (κ1) is 17.8. The molecule has 21 heavy (non-hydrogen) atoms. The minimum Gasteiger partial charge on any atom is -0.493 e. The second-order valence-electron chi connectivity index (χ2n) is 5.11. The maximum absolute atomic E-state index is 11.5. The van der Waals surface area contributed by atoms with Crippen LogP contribution >= 0.6 is 0 Å². The van der Waals surface area contributed by atoms with Gasteiger partial charge in [0, 0.05) is 18.3 Å². The third-order valence-electron chi connectivity index (χ3n) is 3.03. The van der Waals surface area contributed by atoms with E-state index in [4.69, 9.17) is 9.47 Å². The smallest absolute Gasteiger partial charge is 0.161 e. The lowest BCUT2D eigenvalue weighted by Crippen LogP contribution is -2.21. The zero-order valence-electron chi connectivity index (χ0n) is 13.2. The fourth-order valence-corrected chi connectivity index (χ4v) is 2.31. The maximum Gasteiger partial charge on any atom is 0.161 e. The van der Waals surface area contributed by atoms with Crippen LogP contribution in [0.2, 0.25) is 0 Å². The molecule has 0 aliphatic heterocycles. The van der Waals surface area contributed by atoms with Gasteiger partial charge in [0.2, 0.25) is 0 Å². The third kappa shape index (κ3) is 6.35. The molecule has 0 amide bonds. The largest absolute Gasteiger partial charge is 0.493 e. The molecule has 1 N–H and O–H groups in total. The van der Waals surface area contributed by atoms with Gasteiger partial charge in [-0.2, -0.15) is 0 Å². The Hall–Kier alpha value is -1.27. The van der Waals surface area contributed by atoms with Crippen LogP contribution in [0.1, 0.15) is 26.3 Å². The Morgan fingerprint density at radius 3 is 2.52 bits per heavy atom. The van der Waals surface area contributed by atoms with Gasteiger partial charge in [-0.15, -0.1) is 0 Å². The van der Waals surface area contributed by atoms with Gasteiger partial charge in [-0.1, -0.05) is 26.8 Å². The summed E-state index contributed by atoms with van der Waals surface area (Å²) in [6.07, 6.45) is 0. The van der Waals surface area contributed by atoms with Crippen LogP contribution in [0.25, 0.3) is 0 Å². The van der Waals surface area contributed by atoms with Crippen molar-refractivity contribution in [2.24, 2.45) is 0 Å². The van der Waals surface area contributed by atoms with Crippen LogP contribution < -0.4 is 14.8 Å². The summed E-state index contributed by atoms with van der Waals surface area (Å²) in [6.45, 7) is 6.65. The molecule has 0 spiro atoms. The zero-order chi connectivity index (χ0) is 15.9. The molecule has 1 aromatic rings. The molecule has 0 atom stereocenters. The molecule has 0 unspecified atom stereocenters. The molecule has 0 saturated heterocycles. The molecular formula is C15H25NO4S. The van der Waals surface area contributed by atoms with Crippen molar-refractivity contribution in [2.45, 2.75) is 33.4 Å². The maximum atomic E-state index is 11.5. The van der Waals surface area contributed by atoms with Gasteiger partial charge in [0.15, 0.2) is 21.3 Å². The van der Waals surface area contributed by atoms with E-state index in [9.17, 15) is 8.42 Å². The predicted molar refractivity (Wildman–Crippen MR) is 84.8 cm³/mol. The van der Waals surface area contributed by atoms with Crippen LogP contribution in [0.15, 0.2) is 18.2 Å². The summed E-state index contributed by atoms with van der Waals surface area (Å²) in [5, 5.41) is 3.32. The average Bonchev–Trinajstić information content (AvgIpc) is 2.45. The molecule has 0 saturated carbocycles. The van der Waals surface area contributed by atoms with Gasteiger partial charge >= 0.3 is 0 Å². The number of rotatable bonds is 9. The monoisotopic (exact) mass is 315 g/mol. The SMILES string of the molecule is CCS(=O)(=O)CCOc1cc(CNC(C)C)ccc1OC. The number of benzene rings is 1. The molecule has 1 aromatic carbocycles. The van der Waals surface area contributed by atoms with Gasteiger partial charge in [0.1, 0.15) is 6.61 Å². The van der Waals surface area contributed by atoms with Crippen LogP contribution in [-0.2, 0) is 16.4 Å². The van der Waals surface area contributed by atoms with Crippen molar-refractivity contribution in [1.82, 2.24) is 5.32 Å². The lowest BCUT2D eigenvalue weighted by Gasteiger charge is -2.13. The van der Waals surface area contributed by atoms with Crippen LogP contribution in [0.4, 0.5) is 0 Å². The molecule has 120 valence electrons.